The van der Waals surface area contributed by atoms with Crippen LogP contribution in [0, 0.1) is 17.8 Å². The minimum Gasteiger partial charge on any atom is -0.356 e. The Hall–Kier alpha value is -2.71. The summed E-state index contributed by atoms with van der Waals surface area (Å²) in [7, 11) is 4.18. The van der Waals surface area contributed by atoms with Gasteiger partial charge in [0.1, 0.15) is 5.84 Å². The number of halogens is 1. The minimum atomic E-state index is -0.462. The molecule has 1 saturated heterocycles. The van der Waals surface area contributed by atoms with Gasteiger partial charge < -0.3 is 10.2 Å². The number of hydrogen-bond donors (Lipinski definition) is 1. The van der Waals surface area contributed by atoms with Crippen LogP contribution in [-0.2, 0) is 0 Å². The van der Waals surface area contributed by atoms with Gasteiger partial charge in [0, 0.05) is 24.2 Å². The molecule has 3 aliphatic rings. The first-order valence-corrected chi connectivity index (χ1v) is 9.30. The van der Waals surface area contributed by atoms with Crippen molar-refractivity contribution in [3.05, 3.63) is 65.3 Å². The monoisotopic (exact) mass is 362 g/mol. The van der Waals surface area contributed by atoms with Gasteiger partial charge in [-0.1, -0.05) is 36.1 Å². The number of amidine groups is 1. The van der Waals surface area contributed by atoms with Gasteiger partial charge in [0.25, 0.3) is 0 Å². The van der Waals surface area contributed by atoms with Gasteiger partial charge in [0.2, 0.25) is 5.95 Å². The predicted octanol–water partition coefficient (Wildman–Crippen LogP) is 3.17. The molecule has 0 amide bonds. The highest BCUT2D eigenvalue weighted by atomic mass is 19.1. The number of rotatable bonds is 2. The third-order valence-corrected chi connectivity index (χ3v) is 5.18. The number of hydrogen-bond acceptors (Lipinski definition) is 4. The lowest BCUT2D eigenvalue weighted by atomic mass is 9.99. The molecule has 5 heteroatoms. The largest absolute Gasteiger partial charge is 0.356 e. The first kappa shape index (κ1) is 17.7. The van der Waals surface area contributed by atoms with Gasteiger partial charge in [-0.2, -0.15) is 4.39 Å². The molecule has 1 fully saturated rings. The zero-order valence-corrected chi connectivity index (χ0v) is 15.6. The van der Waals surface area contributed by atoms with Gasteiger partial charge in [0.05, 0.1) is 12.1 Å². The zero-order chi connectivity index (χ0) is 18.8. The van der Waals surface area contributed by atoms with Crippen LogP contribution in [0.3, 0.4) is 0 Å². The van der Waals surface area contributed by atoms with Gasteiger partial charge in [-0.15, -0.1) is 0 Å². The molecule has 0 saturated carbocycles. The number of dihydropyridines is 1. The third kappa shape index (κ3) is 4.01. The van der Waals surface area contributed by atoms with Crippen molar-refractivity contribution in [2.45, 2.75) is 37.4 Å². The molecule has 4 rings (SSSR count). The molecule has 1 aromatic heterocycles. The lowest BCUT2D eigenvalue weighted by Gasteiger charge is -2.21. The Morgan fingerprint density at radius 1 is 1.22 bits per heavy atom. The summed E-state index contributed by atoms with van der Waals surface area (Å²) in [5.41, 5.74) is 3.24. The molecule has 3 unspecified atom stereocenters. The summed E-state index contributed by atoms with van der Waals surface area (Å²) in [6, 6.07) is 3.67. The molecule has 2 aliphatic heterocycles. The summed E-state index contributed by atoms with van der Waals surface area (Å²) in [4.78, 5) is 10.7. The molecular weight excluding hydrogens is 339 g/mol. The number of aromatic nitrogens is 1. The van der Waals surface area contributed by atoms with Crippen molar-refractivity contribution in [3.8, 4) is 11.8 Å². The number of nitrogens with zero attached hydrogens (tertiary/aromatic N) is 3. The van der Waals surface area contributed by atoms with Crippen molar-refractivity contribution in [2.24, 2.45) is 4.99 Å². The van der Waals surface area contributed by atoms with E-state index in [1.165, 1.54) is 11.6 Å². The molecule has 27 heavy (non-hydrogen) atoms. The highest BCUT2D eigenvalue weighted by molar-refractivity contribution is 6.01. The van der Waals surface area contributed by atoms with E-state index in [4.69, 9.17) is 4.99 Å². The average Bonchev–Trinajstić information content (AvgIpc) is 3.09. The number of fused-ring (bicyclic) bond motifs is 1. The Labute approximate surface area is 159 Å². The molecule has 0 spiro atoms. The van der Waals surface area contributed by atoms with Crippen LogP contribution in [0.1, 0.15) is 30.9 Å². The predicted molar refractivity (Wildman–Crippen MR) is 106 cm³/mol. The van der Waals surface area contributed by atoms with Gasteiger partial charge >= 0.3 is 0 Å². The first-order valence-electron chi connectivity index (χ1n) is 9.30. The molecule has 0 aromatic carbocycles. The fourth-order valence-corrected chi connectivity index (χ4v) is 3.53. The van der Waals surface area contributed by atoms with E-state index in [2.05, 4.69) is 65.4 Å². The van der Waals surface area contributed by atoms with E-state index in [1.807, 2.05) is 0 Å². The average molecular weight is 362 g/mol. The Balaban J connectivity index is 1.41. The van der Waals surface area contributed by atoms with Gasteiger partial charge in [-0.25, -0.2) is 4.98 Å². The highest BCUT2D eigenvalue weighted by Crippen LogP contribution is 2.30. The SMILES string of the molecule is CN(C)C1C=CC(C#CC2CC3=CCC(c4ccc(F)nc4)N=C3N2)=CC1. The van der Waals surface area contributed by atoms with E-state index in [-0.39, 0.29) is 12.1 Å². The number of pyridine rings is 1. The summed E-state index contributed by atoms with van der Waals surface area (Å²) in [6.45, 7) is 0. The van der Waals surface area contributed by atoms with Crippen LogP contribution < -0.4 is 5.32 Å². The lowest BCUT2D eigenvalue weighted by molar-refractivity contribution is 0.343. The summed E-state index contributed by atoms with van der Waals surface area (Å²) in [5.74, 6) is 7.08. The number of allylic oxidation sites excluding steroid dienone is 2. The number of aliphatic imine (C=N–C) groups is 1. The second-order valence-corrected chi connectivity index (χ2v) is 7.33. The maximum atomic E-state index is 13.0. The first-order chi connectivity index (χ1) is 13.1. The van der Waals surface area contributed by atoms with Crippen LogP contribution in [0.15, 0.2) is 58.8 Å². The molecule has 3 atom stereocenters. The maximum Gasteiger partial charge on any atom is 0.212 e. The molecule has 138 valence electrons. The molecule has 3 heterocycles. The van der Waals surface area contributed by atoms with E-state index < -0.39 is 5.95 Å². The van der Waals surface area contributed by atoms with Gasteiger partial charge in [-0.3, -0.25) is 4.99 Å². The van der Waals surface area contributed by atoms with E-state index >= 15 is 0 Å². The van der Waals surface area contributed by atoms with Crippen LogP contribution in [-0.4, -0.2) is 41.9 Å². The van der Waals surface area contributed by atoms with Gasteiger partial charge in [-0.05, 0) is 50.2 Å². The smallest absolute Gasteiger partial charge is 0.212 e. The Bertz CT molecular complexity index is 896. The fourth-order valence-electron chi connectivity index (χ4n) is 3.53. The lowest BCUT2D eigenvalue weighted by Crippen LogP contribution is -2.26. The maximum absolute atomic E-state index is 13.0. The Kier molecular flexibility index (Phi) is 4.91. The Morgan fingerprint density at radius 3 is 2.81 bits per heavy atom. The second-order valence-electron chi connectivity index (χ2n) is 7.33. The van der Waals surface area contributed by atoms with E-state index in [0.29, 0.717) is 6.04 Å². The standard InChI is InChI=1S/C22H23FN4/c1-27(2)19-9-4-15(5-10-19)3-8-18-13-16-6-11-20(26-22(16)25-18)17-7-12-21(23)24-14-17/h4-7,9,12,14,18-20H,10-11,13H2,1-2H3,(H,25,26). The van der Waals surface area contributed by atoms with E-state index in [1.54, 1.807) is 12.3 Å². The summed E-state index contributed by atoms with van der Waals surface area (Å²) < 4.78 is 13.0. The summed E-state index contributed by atoms with van der Waals surface area (Å²) in [6.07, 6.45) is 13.0. The van der Waals surface area contributed by atoms with Crippen LogP contribution >= 0.6 is 0 Å². The van der Waals surface area contributed by atoms with E-state index in [0.717, 1.165) is 36.2 Å². The van der Waals surface area contributed by atoms with Crippen LogP contribution in [0.2, 0.25) is 0 Å². The quantitative estimate of drug-likeness (QED) is 0.649. The molecule has 1 aromatic rings. The molecule has 1 aliphatic carbocycles. The topological polar surface area (TPSA) is 40.5 Å². The van der Waals surface area contributed by atoms with Crippen molar-refractivity contribution in [1.29, 1.82) is 0 Å². The van der Waals surface area contributed by atoms with Gasteiger partial charge in [0.15, 0.2) is 0 Å². The normalized spacial score (nSPS) is 26.4. The summed E-state index contributed by atoms with van der Waals surface area (Å²) in [5, 5.41) is 3.42. The zero-order valence-electron chi connectivity index (χ0n) is 15.6. The molecule has 4 nitrogen and oxygen atoms in total. The van der Waals surface area contributed by atoms with E-state index in [9.17, 15) is 4.39 Å². The van der Waals surface area contributed by atoms with Crippen molar-refractivity contribution < 1.29 is 4.39 Å². The van der Waals surface area contributed by atoms with Crippen molar-refractivity contribution >= 4 is 5.84 Å². The highest BCUT2D eigenvalue weighted by Gasteiger charge is 2.27. The summed E-state index contributed by atoms with van der Waals surface area (Å²) >= 11 is 0. The van der Waals surface area contributed by atoms with Crippen LogP contribution in [0.25, 0.3) is 0 Å². The number of likely N-dealkylation sites (N-methyl/N-ethyl adjacent to an activating group) is 1. The van der Waals surface area contributed by atoms with Crippen molar-refractivity contribution in [1.82, 2.24) is 15.2 Å². The van der Waals surface area contributed by atoms with Crippen molar-refractivity contribution in [2.75, 3.05) is 14.1 Å². The Morgan fingerprint density at radius 2 is 2.11 bits per heavy atom. The van der Waals surface area contributed by atoms with Crippen LogP contribution in [0.4, 0.5) is 4.39 Å². The molecule has 0 bridgehead atoms. The molecule has 1 N–H and O–H groups in total. The van der Waals surface area contributed by atoms with Crippen LogP contribution in [0.5, 0.6) is 0 Å². The van der Waals surface area contributed by atoms with Crippen molar-refractivity contribution in [3.63, 3.8) is 0 Å². The number of nitrogens with one attached hydrogen (secondary N) is 1. The molecular formula is C22H23FN4. The third-order valence-electron chi connectivity index (χ3n) is 5.18. The molecule has 0 radical (unpaired) electrons. The second kappa shape index (κ2) is 7.50. The minimum absolute atomic E-state index is 0.0111. The fraction of sp³-hybridized carbons (Fsp3) is 0.364.